The van der Waals surface area contributed by atoms with Crippen molar-refractivity contribution in [2.75, 3.05) is 18.1 Å². The van der Waals surface area contributed by atoms with E-state index in [9.17, 15) is 18.0 Å². The molecule has 1 unspecified atom stereocenters. The quantitative estimate of drug-likeness (QED) is 0.518. The molecular formula is C23H24N2O6S. The summed E-state index contributed by atoms with van der Waals surface area (Å²) in [4.78, 5) is 26.5. The van der Waals surface area contributed by atoms with Gasteiger partial charge in [0.25, 0.3) is 5.91 Å². The first-order valence-corrected chi connectivity index (χ1v) is 11.9. The first-order valence-electron chi connectivity index (χ1n) is 10.4. The molecule has 0 spiro atoms. The topological polar surface area (TPSA) is 106 Å². The first-order chi connectivity index (χ1) is 15.3. The summed E-state index contributed by atoms with van der Waals surface area (Å²) >= 11 is 0. The molecule has 1 aliphatic heterocycles. The Morgan fingerprint density at radius 1 is 1.16 bits per heavy atom. The van der Waals surface area contributed by atoms with Crippen LogP contribution in [0.25, 0.3) is 10.8 Å². The van der Waals surface area contributed by atoms with Crippen LogP contribution >= 0.6 is 0 Å². The van der Waals surface area contributed by atoms with Crippen LogP contribution in [0.5, 0.6) is 0 Å². The average Bonchev–Trinajstić information content (AvgIpc) is 3.30. The Balaban J connectivity index is 1.77. The number of esters is 1. The summed E-state index contributed by atoms with van der Waals surface area (Å²) in [6.45, 7) is 5.95. The number of amides is 1. The van der Waals surface area contributed by atoms with Crippen LogP contribution in [-0.2, 0) is 19.6 Å². The van der Waals surface area contributed by atoms with Crippen LogP contribution in [-0.4, -0.2) is 33.4 Å². The summed E-state index contributed by atoms with van der Waals surface area (Å²) in [7, 11) is -4.08. The Bertz CT molecular complexity index is 1310. The fraction of sp³-hybridized carbons (Fsp3) is 0.304. The molecule has 2 aromatic carbocycles. The molecule has 0 fully saturated rings. The molecule has 0 bridgehead atoms. The lowest BCUT2D eigenvalue weighted by atomic mass is 10.1. The maximum Gasteiger partial charge on any atom is 0.307 e. The van der Waals surface area contributed by atoms with Crippen LogP contribution in [0.2, 0.25) is 0 Å². The molecule has 1 aromatic heterocycles. The average molecular weight is 457 g/mol. The number of anilines is 1. The number of ether oxygens (including phenoxy) is 1. The molecule has 9 heteroatoms. The molecule has 168 valence electrons. The highest BCUT2D eigenvalue weighted by atomic mass is 32.2. The minimum Gasteiger partial charge on any atom is -0.466 e. The van der Waals surface area contributed by atoms with E-state index in [1.807, 2.05) is 6.92 Å². The zero-order chi connectivity index (χ0) is 23.0. The molecule has 8 nitrogen and oxygen atoms in total. The highest BCUT2D eigenvalue weighted by Gasteiger charge is 2.33. The molecule has 32 heavy (non-hydrogen) atoms. The maximum absolute atomic E-state index is 13.4. The minimum atomic E-state index is -4.08. The van der Waals surface area contributed by atoms with Crippen molar-refractivity contribution in [1.29, 1.82) is 0 Å². The van der Waals surface area contributed by atoms with E-state index in [0.717, 1.165) is 0 Å². The molecule has 1 amide bonds. The molecule has 4 rings (SSSR count). The summed E-state index contributed by atoms with van der Waals surface area (Å²) < 4.78 is 40.1. The standard InChI is InChI=1S/C23H24N2O6S/c1-4-25-18-10-12-20(15-7-6-8-16(22(15)18)23(25)27)32(28,29)24-17(13-21(26)30-5-2)19-11-9-14(3)31-19/h6-12,17,24H,4-5,13H2,1-3H3. The number of rotatable bonds is 8. The van der Waals surface area contributed by atoms with Crippen molar-refractivity contribution >= 4 is 38.4 Å². The van der Waals surface area contributed by atoms with Crippen molar-refractivity contribution in [2.45, 2.75) is 38.1 Å². The number of aryl methyl sites for hydroxylation is 1. The third kappa shape index (κ3) is 3.78. The lowest BCUT2D eigenvalue weighted by Gasteiger charge is -2.18. The van der Waals surface area contributed by atoms with E-state index >= 15 is 0 Å². The summed E-state index contributed by atoms with van der Waals surface area (Å²) in [5.74, 6) is 0.217. The highest BCUT2D eigenvalue weighted by molar-refractivity contribution is 7.89. The molecule has 0 saturated carbocycles. The van der Waals surface area contributed by atoms with Crippen LogP contribution in [0.15, 0.2) is 51.8 Å². The van der Waals surface area contributed by atoms with Gasteiger partial charge in [0.2, 0.25) is 10.0 Å². The van der Waals surface area contributed by atoms with Crippen molar-refractivity contribution in [3.63, 3.8) is 0 Å². The lowest BCUT2D eigenvalue weighted by molar-refractivity contribution is -0.143. The fourth-order valence-electron chi connectivity index (χ4n) is 4.05. The van der Waals surface area contributed by atoms with E-state index in [2.05, 4.69) is 4.72 Å². The number of furan rings is 1. The predicted octanol–water partition coefficient (Wildman–Crippen LogP) is 3.69. The molecular weight excluding hydrogens is 432 g/mol. The predicted molar refractivity (Wildman–Crippen MR) is 119 cm³/mol. The Kier molecular flexibility index (Phi) is 5.79. The summed E-state index contributed by atoms with van der Waals surface area (Å²) in [6, 6.07) is 10.6. The zero-order valence-electron chi connectivity index (χ0n) is 18.0. The van der Waals surface area contributed by atoms with Gasteiger partial charge in [-0.2, -0.15) is 4.72 Å². The van der Waals surface area contributed by atoms with Gasteiger partial charge >= 0.3 is 5.97 Å². The number of benzene rings is 2. The van der Waals surface area contributed by atoms with E-state index in [-0.39, 0.29) is 23.8 Å². The molecule has 0 radical (unpaired) electrons. The normalized spacial score (nSPS) is 14.2. The van der Waals surface area contributed by atoms with Gasteiger partial charge in [-0.15, -0.1) is 0 Å². The number of carbonyl (C=O) groups is 2. The number of hydrogen-bond donors (Lipinski definition) is 1. The van der Waals surface area contributed by atoms with Gasteiger partial charge in [-0.3, -0.25) is 9.59 Å². The van der Waals surface area contributed by atoms with Crippen LogP contribution < -0.4 is 9.62 Å². The highest BCUT2D eigenvalue weighted by Crippen LogP contribution is 2.40. The molecule has 2 heterocycles. The summed E-state index contributed by atoms with van der Waals surface area (Å²) in [5, 5.41) is 1.06. The number of nitrogens with zero attached hydrogens (tertiary/aromatic N) is 1. The van der Waals surface area contributed by atoms with Gasteiger partial charge in [0.05, 0.1) is 29.7 Å². The molecule has 0 saturated heterocycles. The SMILES string of the molecule is CCOC(=O)CC(NS(=O)(=O)c1ccc2c3c(cccc13)C(=O)N2CC)c1ccc(C)o1. The third-order valence-corrected chi connectivity index (χ3v) is 6.96. The largest absolute Gasteiger partial charge is 0.466 e. The van der Waals surface area contributed by atoms with E-state index in [1.54, 1.807) is 55.1 Å². The zero-order valence-corrected chi connectivity index (χ0v) is 18.9. The fourth-order valence-corrected chi connectivity index (χ4v) is 5.45. The number of carbonyl (C=O) groups excluding carboxylic acids is 2. The van der Waals surface area contributed by atoms with E-state index < -0.39 is 22.0 Å². The second-order valence-electron chi connectivity index (χ2n) is 7.49. The van der Waals surface area contributed by atoms with Crippen molar-refractivity contribution in [2.24, 2.45) is 0 Å². The Labute approximate surface area is 186 Å². The molecule has 0 aliphatic carbocycles. The van der Waals surface area contributed by atoms with Crippen LogP contribution in [0.1, 0.15) is 48.2 Å². The number of hydrogen-bond acceptors (Lipinski definition) is 6. The second-order valence-corrected chi connectivity index (χ2v) is 9.17. The van der Waals surface area contributed by atoms with Crippen LogP contribution in [0, 0.1) is 6.92 Å². The van der Waals surface area contributed by atoms with Crippen molar-refractivity contribution in [1.82, 2.24) is 4.72 Å². The van der Waals surface area contributed by atoms with Gasteiger partial charge in [-0.1, -0.05) is 12.1 Å². The Morgan fingerprint density at radius 2 is 1.94 bits per heavy atom. The van der Waals surface area contributed by atoms with Gasteiger partial charge in [0, 0.05) is 22.9 Å². The second kappa shape index (κ2) is 8.40. The van der Waals surface area contributed by atoms with Gasteiger partial charge in [-0.05, 0) is 51.1 Å². The molecule has 1 N–H and O–H groups in total. The van der Waals surface area contributed by atoms with Crippen LogP contribution in [0.4, 0.5) is 5.69 Å². The van der Waals surface area contributed by atoms with Crippen molar-refractivity contribution < 1.29 is 27.2 Å². The molecule has 1 aliphatic rings. The monoisotopic (exact) mass is 456 g/mol. The van der Waals surface area contributed by atoms with Gasteiger partial charge in [-0.25, -0.2) is 8.42 Å². The lowest BCUT2D eigenvalue weighted by Crippen LogP contribution is -2.30. The van der Waals surface area contributed by atoms with E-state index in [0.29, 0.717) is 40.1 Å². The Hall–Kier alpha value is -3.17. The van der Waals surface area contributed by atoms with Crippen molar-refractivity contribution in [3.05, 3.63) is 59.5 Å². The first kappa shape index (κ1) is 22.0. The third-order valence-electron chi connectivity index (χ3n) is 5.43. The number of nitrogens with one attached hydrogen (secondary N) is 1. The minimum absolute atomic E-state index is 0.0287. The summed E-state index contributed by atoms with van der Waals surface area (Å²) in [5.41, 5.74) is 1.16. The van der Waals surface area contributed by atoms with Gasteiger partial charge in [0.1, 0.15) is 11.5 Å². The molecule has 3 aromatic rings. The van der Waals surface area contributed by atoms with Gasteiger partial charge in [0.15, 0.2) is 0 Å². The van der Waals surface area contributed by atoms with E-state index in [1.165, 1.54) is 6.07 Å². The number of sulfonamides is 1. The van der Waals surface area contributed by atoms with E-state index in [4.69, 9.17) is 9.15 Å². The smallest absolute Gasteiger partial charge is 0.307 e. The maximum atomic E-state index is 13.4. The van der Waals surface area contributed by atoms with Crippen molar-refractivity contribution in [3.8, 4) is 0 Å². The molecule has 1 atom stereocenters. The van der Waals surface area contributed by atoms with Gasteiger partial charge < -0.3 is 14.1 Å². The Morgan fingerprint density at radius 3 is 2.59 bits per heavy atom. The van der Waals surface area contributed by atoms with Crippen LogP contribution in [0.3, 0.4) is 0 Å². The summed E-state index contributed by atoms with van der Waals surface area (Å²) in [6.07, 6.45) is -0.219.